The lowest BCUT2D eigenvalue weighted by Gasteiger charge is -2.45. The van der Waals surface area contributed by atoms with E-state index in [4.69, 9.17) is 9.47 Å². The highest BCUT2D eigenvalue weighted by Crippen LogP contribution is 2.55. The van der Waals surface area contributed by atoms with Crippen LogP contribution in [0.3, 0.4) is 0 Å². The summed E-state index contributed by atoms with van der Waals surface area (Å²) in [6, 6.07) is 18.5. The molecule has 0 bridgehead atoms. The zero-order valence-electron chi connectivity index (χ0n) is 20.8. The first-order valence-electron chi connectivity index (χ1n) is 12.6. The van der Waals surface area contributed by atoms with Gasteiger partial charge in [-0.25, -0.2) is 4.79 Å². The SMILES string of the molecule is CC[C@@H]1CN2CC[C@]3(C(=O)N(Cc4ccccc4)c4ccccc43)[C@@H]2C[C@@H]1/C(=C\OC)C(=O)OC. The maximum Gasteiger partial charge on any atom is 0.337 e. The fraction of sp³-hybridized carbons (Fsp3) is 0.448. The zero-order valence-corrected chi connectivity index (χ0v) is 20.8. The lowest BCUT2D eigenvalue weighted by atomic mass is 9.67. The van der Waals surface area contributed by atoms with E-state index in [1.54, 1.807) is 13.4 Å². The van der Waals surface area contributed by atoms with Gasteiger partial charge in [0.1, 0.15) is 0 Å². The van der Waals surface area contributed by atoms with Crippen molar-refractivity contribution in [3.8, 4) is 0 Å². The van der Waals surface area contributed by atoms with Crippen molar-refractivity contribution >= 4 is 17.6 Å². The number of carbonyl (C=O) groups is 2. The number of carbonyl (C=O) groups excluding carboxylic acids is 2. The topological polar surface area (TPSA) is 59.1 Å². The van der Waals surface area contributed by atoms with Crippen molar-refractivity contribution in [3.63, 3.8) is 0 Å². The van der Waals surface area contributed by atoms with Crippen LogP contribution < -0.4 is 4.90 Å². The molecule has 2 aromatic carbocycles. The molecule has 4 atom stereocenters. The summed E-state index contributed by atoms with van der Waals surface area (Å²) in [5.74, 6) is 0.111. The Bertz CT molecular complexity index is 1130. The summed E-state index contributed by atoms with van der Waals surface area (Å²) in [5, 5.41) is 0. The molecule has 5 rings (SSSR count). The Kier molecular flexibility index (Phi) is 6.41. The third-order valence-electron chi connectivity index (χ3n) is 8.39. The van der Waals surface area contributed by atoms with E-state index in [2.05, 4.69) is 36.1 Å². The van der Waals surface area contributed by atoms with Crippen molar-refractivity contribution in [2.24, 2.45) is 11.8 Å². The largest absolute Gasteiger partial charge is 0.504 e. The number of fused-ring (bicyclic) bond motifs is 4. The first-order chi connectivity index (χ1) is 17.0. The van der Waals surface area contributed by atoms with E-state index >= 15 is 0 Å². The van der Waals surface area contributed by atoms with Crippen molar-refractivity contribution in [2.75, 3.05) is 32.2 Å². The van der Waals surface area contributed by atoms with E-state index in [0.717, 1.165) is 49.2 Å². The quantitative estimate of drug-likeness (QED) is 0.355. The Morgan fingerprint density at radius 2 is 1.86 bits per heavy atom. The Hall–Kier alpha value is -3.12. The van der Waals surface area contributed by atoms with Gasteiger partial charge >= 0.3 is 5.97 Å². The molecule has 0 unspecified atom stereocenters. The molecule has 1 amide bonds. The van der Waals surface area contributed by atoms with Gasteiger partial charge in [0, 0.05) is 18.3 Å². The van der Waals surface area contributed by atoms with Crippen LogP contribution in [0.15, 0.2) is 66.4 Å². The second kappa shape index (κ2) is 9.50. The Labute approximate surface area is 207 Å². The minimum Gasteiger partial charge on any atom is -0.504 e. The van der Waals surface area contributed by atoms with Crippen LogP contribution in [-0.4, -0.2) is 50.1 Å². The van der Waals surface area contributed by atoms with Crippen LogP contribution >= 0.6 is 0 Å². The van der Waals surface area contributed by atoms with Gasteiger partial charge < -0.3 is 14.4 Å². The summed E-state index contributed by atoms with van der Waals surface area (Å²) < 4.78 is 10.4. The first-order valence-corrected chi connectivity index (χ1v) is 12.6. The van der Waals surface area contributed by atoms with Gasteiger partial charge in [-0.15, -0.1) is 0 Å². The molecule has 2 saturated heterocycles. The number of rotatable bonds is 6. The molecule has 2 fully saturated rings. The monoisotopic (exact) mass is 474 g/mol. The van der Waals surface area contributed by atoms with Crippen LogP contribution in [0.4, 0.5) is 5.69 Å². The Morgan fingerprint density at radius 3 is 2.57 bits per heavy atom. The molecule has 1 spiro atoms. The fourth-order valence-electron chi connectivity index (χ4n) is 6.75. The van der Waals surface area contributed by atoms with Gasteiger partial charge in [0.15, 0.2) is 0 Å². The molecule has 0 radical (unpaired) electrons. The number of methoxy groups -OCH3 is 2. The summed E-state index contributed by atoms with van der Waals surface area (Å²) in [5.41, 5.74) is 3.22. The average Bonchev–Trinajstić information content (AvgIpc) is 3.38. The molecule has 3 heterocycles. The molecule has 184 valence electrons. The van der Waals surface area contributed by atoms with Crippen molar-refractivity contribution in [1.29, 1.82) is 0 Å². The predicted octanol–water partition coefficient (Wildman–Crippen LogP) is 4.29. The molecule has 6 nitrogen and oxygen atoms in total. The Balaban J connectivity index is 1.55. The van der Waals surface area contributed by atoms with E-state index < -0.39 is 5.41 Å². The number of hydrogen-bond donors (Lipinski definition) is 0. The molecule has 3 aliphatic heterocycles. The number of anilines is 1. The smallest absolute Gasteiger partial charge is 0.337 e. The molecular weight excluding hydrogens is 440 g/mol. The highest BCUT2D eigenvalue weighted by atomic mass is 16.5. The van der Waals surface area contributed by atoms with Gasteiger partial charge in [-0.1, -0.05) is 61.9 Å². The molecule has 0 aliphatic carbocycles. The minimum atomic E-state index is -0.601. The van der Waals surface area contributed by atoms with Gasteiger partial charge in [-0.3, -0.25) is 9.69 Å². The van der Waals surface area contributed by atoms with E-state index in [1.165, 1.54) is 7.11 Å². The van der Waals surface area contributed by atoms with Gasteiger partial charge in [0.25, 0.3) is 0 Å². The minimum absolute atomic E-state index is 0.0215. The number of hydrogen-bond acceptors (Lipinski definition) is 5. The predicted molar refractivity (Wildman–Crippen MR) is 135 cm³/mol. The molecule has 0 aromatic heterocycles. The van der Waals surface area contributed by atoms with E-state index in [-0.39, 0.29) is 23.8 Å². The van der Waals surface area contributed by atoms with E-state index in [0.29, 0.717) is 18.0 Å². The summed E-state index contributed by atoms with van der Waals surface area (Å²) >= 11 is 0. The van der Waals surface area contributed by atoms with Gasteiger partial charge in [0.05, 0.1) is 38.0 Å². The van der Waals surface area contributed by atoms with Crippen LogP contribution in [0.2, 0.25) is 0 Å². The molecule has 2 aromatic rings. The summed E-state index contributed by atoms with van der Waals surface area (Å²) in [4.78, 5) is 31.6. The van der Waals surface area contributed by atoms with Crippen molar-refractivity contribution in [2.45, 2.75) is 44.2 Å². The molecular formula is C29H34N2O4. The van der Waals surface area contributed by atoms with Gasteiger partial charge in [-0.05, 0) is 48.4 Å². The van der Waals surface area contributed by atoms with E-state index in [9.17, 15) is 9.59 Å². The second-order valence-corrected chi connectivity index (χ2v) is 9.94. The van der Waals surface area contributed by atoms with Gasteiger partial charge in [-0.2, -0.15) is 0 Å². The van der Waals surface area contributed by atoms with Crippen LogP contribution in [0.5, 0.6) is 0 Å². The first kappa shape index (κ1) is 23.6. The third kappa shape index (κ3) is 3.75. The highest BCUT2D eigenvalue weighted by Gasteiger charge is 2.62. The lowest BCUT2D eigenvalue weighted by molar-refractivity contribution is -0.137. The molecule has 3 aliphatic rings. The molecule has 35 heavy (non-hydrogen) atoms. The van der Waals surface area contributed by atoms with Crippen molar-refractivity contribution < 1.29 is 19.1 Å². The summed E-state index contributed by atoms with van der Waals surface area (Å²) in [7, 11) is 2.98. The standard InChI is InChI=1S/C29H34N2O4/c1-4-21-18-30-15-14-29(26(30)16-22(21)23(19-34-2)27(32)35-3)24-12-8-9-13-25(24)31(28(29)33)17-20-10-6-5-7-11-20/h5-13,19,21-22,26H,4,14-18H2,1-3H3/b23-19+/t21-,22+,26+,29-/m1/s1. The molecule has 6 heteroatoms. The van der Waals surface area contributed by atoms with Crippen LogP contribution in [0, 0.1) is 11.8 Å². The summed E-state index contributed by atoms with van der Waals surface area (Å²) in [6.45, 7) is 4.47. The number of ether oxygens (including phenoxy) is 2. The number of nitrogens with zero attached hydrogens (tertiary/aromatic N) is 2. The van der Waals surface area contributed by atoms with Crippen molar-refractivity contribution in [3.05, 3.63) is 77.6 Å². The number of para-hydroxylation sites is 1. The normalized spacial score (nSPS) is 28.2. The maximum absolute atomic E-state index is 14.4. The maximum atomic E-state index is 14.4. The molecule has 0 saturated carbocycles. The third-order valence-corrected chi connectivity index (χ3v) is 8.39. The number of benzene rings is 2. The average molecular weight is 475 g/mol. The van der Waals surface area contributed by atoms with E-state index in [1.807, 2.05) is 35.2 Å². The fourth-order valence-corrected chi connectivity index (χ4v) is 6.75. The second-order valence-electron chi connectivity index (χ2n) is 9.94. The van der Waals surface area contributed by atoms with Gasteiger partial charge in [0.2, 0.25) is 5.91 Å². The Morgan fingerprint density at radius 1 is 1.11 bits per heavy atom. The number of piperidine rings is 1. The highest BCUT2D eigenvalue weighted by molar-refractivity contribution is 6.09. The van der Waals surface area contributed by atoms with Crippen LogP contribution in [-0.2, 0) is 31.0 Å². The van der Waals surface area contributed by atoms with Crippen LogP contribution in [0.1, 0.15) is 37.3 Å². The number of amides is 1. The zero-order chi connectivity index (χ0) is 24.6. The van der Waals surface area contributed by atoms with Crippen molar-refractivity contribution in [1.82, 2.24) is 4.90 Å². The van der Waals surface area contributed by atoms with Crippen LogP contribution in [0.25, 0.3) is 0 Å². The lowest BCUT2D eigenvalue weighted by Crippen LogP contribution is -2.54. The number of esters is 1. The molecule has 0 N–H and O–H groups in total. The summed E-state index contributed by atoms with van der Waals surface area (Å²) in [6.07, 6.45) is 4.01.